The number of anilines is 1. The minimum absolute atomic E-state index is 0.0469. The highest BCUT2D eigenvalue weighted by molar-refractivity contribution is 5.97. The number of hydrogen-bond donors (Lipinski definition) is 0. The van der Waals surface area contributed by atoms with E-state index in [2.05, 4.69) is 22.0 Å². The molecule has 0 N–H and O–H groups in total. The Hall–Kier alpha value is -3.35. The van der Waals surface area contributed by atoms with Crippen LogP contribution in [0.5, 0.6) is 11.6 Å². The van der Waals surface area contributed by atoms with Crippen molar-refractivity contribution in [1.82, 2.24) is 10.1 Å². The van der Waals surface area contributed by atoms with Crippen LogP contribution in [-0.4, -0.2) is 41.2 Å². The summed E-state index contributed by atoms with van der Waals surface area (Å²) in [6.45, 7) is 9.54. The molecular weight excluding hydrogens is 418 g/mol. The van der Waals surface area contributed by atoms with E-state index in [1.165, 1.54) is 6.20 Å². The van der Waals surface area contributed by atoms with Gasteiger partial charge in [-0.25, -0.2) is 4.98 Å². The van der Waals surface area contributed by atoms with Crippen molar-refractivity contribution in [1.29, 1.82) is 0 Å². The Morgan fingerprint density at radius 1 is 1.21 bits per heavy atom. The van der Waals surface area contributed by atoms with Gasteiger partial charge in [0.25, 0.3) is 0 Å². The number of Topliss-reactive ketones (excluding diaryl/α,β-unsaturated/α-hetero) is 1. The van der Waals surface area contributed by atoms with Gasteiger partial charge in [-0.15, -0.1) is 0 Å². The Bertz CT molecular complexity index is 1080. The van der Waals surface area contributed by atoms with Crippen LogP contribution in [0.3, 0.4) is 0 Å². The molecule has 1 aliphatic rings. The lowest BCUT2D eigenvalue weighted by molar-refractivity contribution is 0.0974. The maximum atomic E-state index is 12.5. The Morgan fingerprint density at radius 2 is 2.00 bits per heavy atom. The summed E-state index contributed by atoms with van der Waals surface area (Å²) in [6, 6.07) is 12.1. The van der Waals surface area contributed by atoms with Crippen molar-refractivity contribution in [2.45, 2.75) is 58.7 Å². The first-order chi connectivity index (χ1) is 15.9. The molecular formula is C26H31N3O4. The van der Waals surface area contributed by atoms with Gasteiger partial charge in [-0.2, -0.15) is 0 Å². The number of ketones is 1. The van der Waals surface area contributed by atoms with Crippen LogP contribution in [0, 0.1) is 6.92 Å². The highest BCUT2D eigenvalue weighted by Gasteiger charge is 2.25. The molecule has 1 fully saturated rings. The third kappa shape index (κ3) is 5.72. The van der Waals surface area contributed by atoms with Crippen LogP contribution in [0.15, 0.2) is 53.3 Å². The molecule has 7 heteroatoms. The second-order valence-corrected chi connectivity index (χ2v) is 8.89. The minimum atomic E-state index is 0.0469. The second-order valence-electron chi connectivity index (χ2n) is 8.89. The number of aromatic nitrogens is 2. The molecule has 1 saturated heterocycles. The van der Waals surface area contributed by atoms with Crippen molar-refractivity contribution < 1.29 is 18.8 Å². The number of nitrogens with zero attached hydrogens (tertiary/aromatic N) is 3. The molecule has 0 spiro atoms. The molecule has 2 aromatic heterocycles. The number of benzene rings is 1. The third-order valence-corrected chi connectivity index (χ3v) is 5.88. The van der Waals surface area contributed by atoms with Gasteiger partial charge in [0.2, 0.25) is 5.88 Å². The maximum Gasteiger partial charge on any atom is 0.215 e. The molecule has 1 aliphatic heterocycles. The van der Waals surface area contributed by atoms with E-state index in [0.29, 0.717) is 23.6 Å². The van der Waals surface area contributed by atoms with Crippen LogP contribution in [0.4, 0.5) is 5.69 Å². The smallest absolute Gasteiger partial charge is 0.215 e. The summed E-state index contributed by atoms with van der Waals surface area (Å²) in [5.41, 5.74) is 2.76. The maximum absolute atomic E-state index is 12.5. The number of pyridine rings is 1. The zero-order valence-corrected chi connectivity index (χ0v) is 19.7. The Morgan fingerprint density at radius 3 is 2.70 bits per heavy atom. The average Bonchev–Trinajstić information content (AvgIpc) is 3.43. The number of carbonyl (C=O) groups is 1. The van der Waals surface area contributed by atoms with E-state index in [0.717, 1.165) is 36.5 Å². The largest absolute Gasteiger partial charge is 0.489 e. The number of carbonyl (C=O) groups excluding carboxylic acids is 1. The summed E-state index contributed by atoms with van der Waals surface area (Å²) in [5.74, 6) is 2.20. The van der Waals surface area contributed by atoms with Crippen LogP contribution >= 0.6 is 0 Å². The molecule has 0 bridgehead atoms. The first kappa shape index (κ1) is 22.8. The molecule has 4 rings (SSSR count). The fourth-order valence-electron chi connectivity index (χ4n) is 4.10. The number of ether oxygens (including phenoxy) is 2. The van der Waals surface area contributed by atoms with Crippen molar-refractivity contribution in [2.75, 3.05) is 18.0 Å². The molecule has 3 aromatic rings. The van der Waals surface area contributed by atoms with Crippen LogP contribution in [0.25, 0.3) is 0 Å². The zero-order chi connectivity index (χ0) is 23.4. The molecule has 174 valence electrons. The number of rotatable bonds is 9. The van der Waals surface area contributed by atoms with Gasteiger partial charge in [0.15, 0.2) is 5.78 Å². The van der Waals surface area contributed by atoms with Gasteiger partial charge in [0.1, 0.15) is 17.6 Å². The normalized spacial score (nSPS) is 16.8. The predicted octanol–water partition coefficient (Wildman–Crippen LogP) is 5.20. The van der Waals surface area contributed by atoms with E-state index in [-0.39, 0.29) is 23.9 Å². The molecule has 1 unspecified atom stereocenters. The fraction of sp³-hybridized carbons (Fsp3) is 0.423. The van der Waals surface area contributed by atoms with Crippen LogP contribution in [0.1, 0.15) is 61.2 Å². The van der Waals surface area contributed by atoms with Gasteiger partial charge in [-0.1, -0.05) is 24.2 Å². The third-order valence-electron chi connectivity index (χ3n) is 5.88. The summed E-state index contributed by atoms with van der Waals surface area (Å²) in [4.78, 5) is 19.1. The topological polar surface area (TPSA) is 77.7 Å². The van der Waals surface area contributed by atoms with E-state index in [4.69, 9.17) is 14.0 Å². The highest BCUT2D eigenvalue weighted by Crippen LogP contribution is 2.28. The van der Waals surface area contributed by atoms with E-state index < -0.39 is 0 Å². The number of hydrogen-bond acceptors (Lipinski definition) is 7. The van der Waals surface area contributed by atoms with Crippen molar-refractivity contribution in [3.05, 3.63) is 65.7 Å². The molecule has 3 heterocycles. The van der Waals surface area contributed by atoms with Gasteiger partial charge in [0, 0.05) is 37.3 Å². The van der Waals surface area contributed by atoms with Gasteiger partial charge in [-0.3, -0.25) is 4.79 Å². The molecule has 1 aromatic carbocycles. The second kappa shape index (κ2) is 10.1. The van der Waals surface area contributed by atoms with E-state index in [9.17, 15) is 4.79 Å². The van der Waals surface area contributed by atoms with Crippen LogP contribution in [0.2, 0.25) is 0 Å². The lowest BCUT2D eigenvalue weighted by atomic mass is 9.93. The molecule has 2 atom stereocenters. The van der Waals surface area contributed by atoms with Gasteiger partial charge in [-0.05, 0) is 50.5 Å². The van der Waals surface area contributed by atoms with Crippen molar-refractivity contribution in [3.8, 4) is 11.6 Å². The quantitative estimate of drug-likeness (QED) is 0.416. The standard InChI is InChI=1S/C26H31N3O4/c1-17(2)31-26-14-21(9-11-27-26)29-12-10-23(16-29)32-22-7-5-20(6-8-22)18(3)13-25(30)24-15-28-33-19(24)4/h5-9,11,14-15,17-18,23H,10,12-13,16H2,1-4H3/t18-,23?/m1/s1. The predicted molar refractivity (Wildman–Crippen MR) is 126 cm³/mol. The summed E-state index contributed by atoms with van der Waals surface area (Å²) in [7, 11) is 0. The van der Waals surface area contributed by atoms with Gasteiger partial charge < -0.3 is 18.9 Å². The van der Waals surface area contributed by atoms with Crippen molar-refractivity contribution in [2.24, 2.45) is 0 Å². The van der Waals surface area contributed by atoms with E-state index in [1.807, 2.05) is 50.2 Å². The first-order valence-electron chi connectivity index (χ1n) is 11.5. The zero-order valence-electron chi connectivity index (χ0n) is 19.7. The number of aryl methyl sites for hydroxylation is 1. The SMILES string of the molecule is Cc1oncc1C(=O)C[C@@H](C)c1ccc(OC2CCN(c3ccnc(OC(C)C)c3)C2)cc1. The summed E-state index contributed by atoms with van der Waals surface area (Å²) in [5, 5.41) is 3.70. The highest BCUT2D eigenvalue weighted by atomic mass is 16.5. The van der Waals surface area contributed by atoms with Crippen LogP contribution in [-0.2, 0) is 0 Å². The van der Waals surface area contributed by atoms with Crippen molar-refractivity contribution in [3.63, 3.8) is 0 Å². The van der Waals surface area contributed by atoms with E-state index in [1.54, 1.807) is 13.1 Å². The molecule has 0 amide bonds. The summed E-state index contributed by atoms with van der Waals surface area (Å²) >= 11 is 0. The Labute approximate surface area is 194 Å². The summed E-state index contributed by atoms with van der Waals surface area (Å²) in [6.07, 6.45) is 4.86. The molecule has 7 nitrogen and oxygen atoms in total. The van der Waals surface area contributed by atoms with Gasteiger partial charge >= 0.3 is 0 Å². The molecule has 0 aliphatic carbocycles. The molecule has 0 radical (unpaired) electrons. The van der Waals surface area contributed by atoms with Crippen LogP contribution < -0.4 is 14.4 Å². The average molecular weight is 450 g/mol. The Kier molecular flexibility index (Phi) is 6.96. The monoisotopic (exact) mass is 449 g/mol. The van der Waals surface area contributed by atoms with E-state index >= 15 is 0 Å². The fourth-order valence-corrected chi connectivity index (χ4v) is 4.10. The lowest BCUT2D eigenvalue weighted by Crippen LogP contribution is -2.24. The molecule has 33 heavy (non-hydrogen) atoms. The summed E-state index contributed by atoms with van der Waals surface area (Å²) < 4.78 is 17.0. The van der Waals surface area contributed by atoms with Gasteiger partial charge in [0.05, 0.1) is 24.4 Å². The Balaban J connectivity index is 1.31. The molecule has 0 saturated carbocycles. The first-order valence-corrected chi connectivity index (χ1v) is 11.5. The minimum Gasteiger partial charge on any atom is -0.489 e. The van der Waals surface area contributed by atoms with Crippen molar-refractivity contribution >= 4 is 11.5 Å². The lowest BCUT2D eigenvalue weighted by Gasteiger charge is -2.20.